The minimum absolute atomic E-state index is 0.569. The third kappa shape index (κ3) is 2.25. The summed E-state index contributed by atoms with van der Waals surface area (Å²) in [6, 6.07) is 0. The molecule has 6 heteroatoms. The van der Waals surface area contributed by atoms with E-state index >= 15 is 0 Å². The van der Waals surface area contributed by atoms with E-state index in [0.29, 0.717) is 5.01 Å². The van der Waals surface area contributed by atoms with E-state index in [0.717, 1.165) is 6.08 Å². The van der Waals surface area contributed by atoms with Gasteiger partial charge in [-0.15, -0.1) is 0 Å². The van der Waals surface area contributed by atoms with Crippen LogP contribution in [0.15, 0.2) is 12.7 Å². The highest BCUT2D eigenvalue weighted by Gasteiger charge is 2.36. The van der Waals surface area contributed by atoms with Crippen molar-refractivity contribution in [2.45, 2.75) is 5.54 Å². The van der Waals surface area contributed by atoms with Crippen LogP contribution in [-0.4, -0.2) is 51.6 Å². The fraction of sp³-hybridized carbons (Fsp3) is 0.571. The van der Waals surface area contributed by atoms with Crippen molar-refractivity contribution in [1.82, 2.24) is 5.01 Å². The van der Waals surface area contributed by atoms with Crippen LogP contribution in [-0.2, 0) is 4.79 Å². The quantitative estimate of drug-likeness (QED) is 0.167. The van der Waals surface area contributed by atoms with Crippen LogP contribution in [0, 0.1) is 0 Å². The van der Waals surface area contributed by atoms with E-state index in [9.17, 15) is 4.79 Å². The molecule has 0 aromatic heterocycles. The molecule has 0 saturated carbocycles. The smallest absolute Gasteiger partial charge is 0.260 e. The van der Waals surface area contributed by atoms with E-state index in [2.05, 4.69) is 6.58 Å². The van der Waals surface area contributed by atoms with Crippen molar-refractivity contribution in [3.05, 3.63) is 12.7 Å². The molecule has 0 radical (unpaired) electrons. The second kappa shape index (κ2) is 4.93. The molecule has 0 unspecified atom stereocenters. The van der Waals surface area contributed by atoms with Gasteiger partial charge in [-0.05, 0) is 6.08 Å². The maximum Gasteiger partial charge on any atom is 0.260 e. The van der Waals surface area contributed by atoms with Gasteiger partial charge in [-0.3, -0.25) is 9.80 Å². The molecular formula is C7H14N2O4. The summed E-state index contributed by atoms with van der Waals surface area (Å²) >= 11 is 0. The number of nitrogens with two attached hydrogens (primary N) is 1. The summed E-state index contributed by atoms with van der Waals surface area (Å²) in [5, 5.41) is 27.2. The minimum Gasteiger partial charge on any atom is -0.394 e. The molecule has 0 bridgehead atoms. The summed E-state index contributed by atoms with van der Waals surface area (Å²) in [5.41, 5.74) is -1.54. The van der Waals surface area contributed by atoms with Gasteiger partial charge in [0, 0.05) is 0 Å². The SMILES string of the molecule is C=CC(=O)N(N)C(CO)(CO)CO. The molecule has 0 aliphatic heterocycles. The van der Waals surface area contributed by atoms with Gasteiger partial charge in [0.15, 0.2) is 0 Å². The molecule has 0 aliphatic rings. The van der Waals surface area contributed by atoms with Gasteiger partial charge >= 0.3 is 0 Å². The first-order valence-corrected chi connectivity index (χ1v) is 3.62. The summed E-state index contributed by atoms with van der Waals surface area (Å²) < 4.78 is 0. The average molecular weight is 190 g/mol. The molecule has 0 fully saturated rings. The lowest BCUT2D eigenvalue weighted by molar-refractivity contribution is -0.140. The summed E-state index contributed by atoms with van der Waals surface area (Å²) in [4.78, 5) is 11.0. The van der Waals surface area contributed by atoms with E-state index in [1.165, 1.54) is 0 Å². The van der Waals surface area contributed by atoms with E-state index < -0.39 is 31.3 Å². The molecule has 0 spiro atoms. The van der Waals surface area contributed by atoms with Crippen LogP contribution in [0.4, 0.5) is 0 Å². The second-order valence-corrected chi connectivity index (χ2v) is 2.61. The minimum atomic E-state index is -1.54. The Labute approximate surface area is 75.9 Å². The van der Waals surface area contributed by atoms with E-state index in [1.54, 1.807) is 0 Å². The Kier molecular flexibility index (Phi) is 4.57. The number of hydrogen-bond donors (Lipinski definition) is 4. The Bertz CT molecular complexity index is 183. The van der Waals surface area contributed by atoms with Crippen LogP contribution < -0.4 is 5.84 Å². The van der Waals surface area contributed by atoms with Crippen molar-refractivity contribution in [3.8, 4) is 0 Å². The van der Waals surface area contributed by atoms with Crippen molar-refractivity contribution >= 4 is 5.91 Å². The Morgan fingerprint density at radius 3 is 2.00 bits per heavy atom. The number of amides is 1. The van der Waals surface area contributed by atoms with Crippen molar-refractivity contribution < 1.29 is 20.1 Å². The molecule has 1 amide bonds. The monoisotopic (exact) mass is 190 g/mol. The third-order valence-electron chi connectivity index (χ3n) is 1.81. The number of hydrazine groups is 1. The van der Waals surface area contributed by atoms with Gasteiger partial charge in [-0.25, -0.2) is 5.84 Å². The summed E-state index contributed by atoms with van der Waals surface area (Å²) in [6.07, 6.45) is 0.926. The average Bonchev–Trinajstić information content (AvgIpc) is 2.20. The topological polar surface area (TPSA) is 107 Å². The third-order valence-corrected chi connectivity index (χ3v) is 1.81. The zero-order valence-electron chi connectivity index (χ0n) is 7.18. The van der Waals surface area contributed by atoms with Crippen molar-refractivity contribution in [2.24, 2.45) is 5.84 Å². The van der Waals surface area contributed by atoms with Crippen molar-refractivity contribution in [2.75, 3.05) is 19.8 Å². The highest BCUT2D eigenvalue weighted by atomic mass is 16.3. The van der Waals surface area contributed by atoms with Gasteiger partial charge in [-0.2, -0.15) is 0 Å². The van der Waals surface area contributed by atoms with Crippen LogP contribution in [0.2, 0.25) is 0 Å². The standard InChI is InChI=1S/C7H14N2O4/c1-2-6(13)9(8)7(3-10,4-11)5-12/h2,10-12H,1,3-5,8H2. The van der Waals surface area contributed by atoms with Crippen LogP contribution in [0.5, 0.6) is 0 Å². The number of carbonyl (C=O) groups excluding carboxylic acids is 1. The molecular weight excluding hydrogens is 176 g/mol. The van der Waals surface area contributed by atoms with Gasteiger partial charge < -0.3 is 15.3 Å². The molecule has 0 saturated heterocycles. The number of nitrogens with zero attached hydrogens (tertiary/aromatic N) is 1. The molecule has 0 aliphatic carbocycles. The number of aliphatic hydroxyl groups is 3. The van der Waals surface area contributed by atoms with Crippen LogP contribution in [0.1, 0.15) is 0 Å². The lowest BCUT2D eigenvalue weighted by Gasteiger charge is -2.35. The Morgan fingerprint density at radius 1 is 1.38 bits per heavy atom. The van der Waals surface area contributed by atoms with E-state index in [-0.39, 0.29) is 0 Å². The maximum atomic E-state index is 11.0. The largest absolute Gasteiger partial charge is 0.394 e. The molecule has 13 heavy (non-hydrogen) atoms. The zero-order chi connectivity index (χ0) is 10.5. The molecule has 76 valence electrons. The first-order chi connectivity index (χ1) is 6.07. The number of carbonyl (C=O) groups is 1. The summed E-state index contributed by atoms with van der Waals surface area (Å²) in [6.45, 7) is 1.30. The normalized spacial score (nSPS) is 11.1. The Morgan fingerprint density at radius 2 is 1.77 bits per heavy atom. The summed E-state index contributed by atoms with van der Waals surface area (Å²) in [7, 11) is 0. The highest BCUT2D eigenvalue weighted by Crippen LogP contribution is 2.10. The highest BCUT2D eigenvalue weighted by molar-refractivity contribution is 5.87. The number of hydrogen-bond acceptors (Lipinski definition) is 5. The lowest BCUT2D eigenvalue weighted by atomic mass is 10.0. The number of aliphatic hydroxyl groups excluding tert-OH is 3. The molecule has 0 heterocycles. The van der Waals surface area contributed by atoms with Crippen LogP contribution in [0.3, 0.4) is 0 Å². The predicted molar refractivity (Wildman–Crippen MR) is 45.2 cm³/mol. The molecule has 0 aromatic rings. The molecule has 0 rings (SSSR count). The Hall–Kier alpha value is -0.950. The fourth-order valence-electron chi connectivity index (χ4n) is 0.711. The zero-order valence-corrected chi connectivity index (χ0v) is 7.18. The second-order valence-electron chi connectivity index (χ2n) is 2.61. The van der Waals surface area contributed by atoms with Crippen molar-refractivity contribution in [3.63, 3.8) is 0 Å². The van der Waals surface area contributed by atoms with Crippen molar-refractivity contribution in [1.29, 1.82) is 0 Å². The van der Waals surface area contributed by atoms with Gasteiger partial charge in [0.1, 0.15) is 5.54 Å². The van der Waals surface area contributed by atoms with Crippen LogP contribution >= 0.6 is 0 Å². The Balaban J connectivity index is 4.71. The van der Waals surface area contributed by atoms with Gasteiger partial charge in [0.25, 0.3) is 5.91 Å². The summed E-state index contributed by atoms with van der Waals surface area (Å²) in [5.74, 6) is 4.59. The lowest BCUT2D eigenvalue weighted by Crippen LogP contribution is -2.62. The fourth-order valence-corrected chi connectivity index (χ4v) is 0.711. The molecule has 0 atom stereocenters. The molecule has 6 nitrogen and oxygen atoms in total. The van der Waals surface area contributed by atoms with Crippen LogP contribution in [0.25, 0.3) is 0 Å². The van der Waals surface area contributed by atoms with E-state index in [1.807, 2.05) is 0 Å². The number of rotatable bonds is 5. The van der Waals surface area contributed by atoms with Gasteiger partial charge in [0.2, 0.25) is 0 Å². The van der Waals surface area contributed by atoms with Gasteiger partial charge in [0.05, 0.1) is 19.8 Å². The molecule has 5 N–H and O–H groups in total. The maximum absolute atomic E-state index is 11.0. The molecule has 0 aromatic carbocycles. The first-order valence-electron chi connectivity index (χ1n) is 3.62. The predicted octanol–water partition coefficient (Wildman–Crippen LogP) is -2.41. The first kappa shape index (κ1) is 12.0. The van der Waals surface area contributed by atoms with Gasteiger partial charge in [-0.1, -0.05) is 6.58 Å². The van der Waals surface area contributed by atoms with E-state index in [4.69, 9.17) is 21.2 Å².